The molecule has 12 heteroatoms. The second-order valence-corrected chi connectivity index (χ2v) is 11.4. The van der Waals surface area contributed by atoms with Gasteiger partial charge in [-0.15, -0.1) is 26.3 Å². The molecular weight excluding hydrogens is 614 g/mol. The molecule has 0 bridgehead atoms. The van der Waals surface area contributed by atoms with Crippen LogP contribution in [0.4, 0.5) is 35.1 Å². The molecule has 0 aliphatic heterocycles. The van der Waals surface area contributed by atoms with Crippen molar-refractivity contribution < 1.29 is 44.6 Å². The summed E-state index contributed by atoms with van der Waals surface area (Å²) in [5.41, 5.74) is 0.955. The fraction of sp³-hybridized carbons (Fsp3) is 0.250. The summed E-state index contributed by atoms with van der Waals surface area (Å²) in [6, 6.07) is 26.0. The molecule has 1 N–H and O–H groups in total. The molecule has 0 aromatic heterocycles. The van der Waals surface area contributed by atoms with Gasteiger partial charge in [0.1, 0.15) is 11.5 Å². The summed E-state index contributed by atoms with van der Waals surface area (Å²) in [4.78, 5) is 0.364. The van der Waals surface area contributed by atoms with Crippen LogP contribution in [0.3, 0.4) is 0 Å². The molecule has 0 atom stereocenters. The Balaban J connectivity index is 1.77. The maximum atomic E-state index is 13.4. The second-order valence-electron chi connectivity index (χ2n) is 10.1. The number of benzene rings is 4. The molecule has 44 heavy (non-hydrogen) atoms. The normalized spacial score (nSPS) is 12.7. The minimum Gasteiger partial charge on any atom is -0.406 e. The molecule has 4 aromatic rings. The SMILES string of the molecule is CC(F)(F)Sc1ccc(CNCC(Cc2ccccc2)(c2cccc(OC(F)(F)F)c2)c2cccc(OC(F)(F)F)c2)cc1. The van der Waals surface area contributed by atoms with Gasteiger partial charge in [0.05, 0.1) is 0 Å². The zero-order chi connectivity index (χ0) is 32.0. The Kier molecular flexibility index (Phi) is 10.1. The Labute approximate surface area is 253 Å². The van der Waals surface area contributed by atoms with Crippen LogP contribution in [0.2, 0.25) is 0 Å². The van der Waals surface area contributed by atoms with E-state index in [2.05, 4.69) is 14.8 Å². The van der Waals surface area contributed by atoms with E-state index in [1.807, 2.05) is 0 Å². The van der Waals surface area contributed by atoms with Crippen LogP contribution in [-0.2, 0) is 18.4 Å². The first-order valence-corrected chi connectivity index (χ1v) is 14.0. The highest BCUT2D eigenvalue weighted by atomic mass is 32.2. The zero-order valence-electron chi connectivity index (χ0n) is 23.2. The van der Waals surface area contributed by atoms with Crippen LogP contribution in [-0.4, -0.2) is 24.5 Å². The minimum atomic E-state index is -4.97. The van der Waals surface area contributed by atoms with Crippen molar-refractivity contribution in [2.24, 2.45) is 0 Å². The summed E-state index contributed by atoms with van der Waals surface area (Å²) >= 11 is 0.406. The van der Waals surface area contributed by atoms with Crippen molar-refractivity contribution in [1.29, 1.82) is 0 Å². The molecule has 0 radical (unpaired) electrons. The van der Waals surface area contributed by atoms with Crippen LogP contribution >= 0.6 is 11.8 Å². The Morgan fingerprint density at radius 1 is 0.614 bits per heavy atom. The van der Waals surface area contributed by atoms with E-state index in [-0.39, 0.29) is 19.5 Å². The fourth-order valence-corrected chi connectivity index (χ4v) is 5.55. The minimum absolute atomic E-state index is 0.0520. The molecule has 0 fully saturated rings. The van der Waals surface area contributed by atoms with Gasteiger partial charge in [-0.25, -0.2) is 0 Å². The second kappa shape index (κ2) is 13.5. The highest BCUT2D eigenvalue weighted by Gasteiger charge is 2.38. The van der Waals surface area contributed by atoms with Gasteiger partial charge in [0.2, 0.25) is 0 Å². The first-order chi connectivity index (χ1) is 20.6. The van der Waals surface area contributed by atoms with Gasteiger partial charge in [0, 0.05) is 30.3 Å². The number of thioether (sulfide) groups is 1. The number of nitrogens with one attached hydrogen (secondary N) is 1. The first-order valence-electron chi connectivity index (χ1n) is 13.2. The first kappa shape index (κ1) is 33.1. The van der Waals surface area contributed by atoms with E-state index >= 15 is 0 Å². The molecule has 0 saturated carbocycles. The van der Waals surface area contributed by atoms with Gasteiger partial charge in [-0.2, -0.15) is 8.78 Å². The number of halogens is 8. The van der Waals surface area contributed by atoms with Gasteiger partial charge >= 0.3 is 12.7 Å². The largest absolute Gasteiger partial charge is 0.573 e. The molecule has 0 amide bonds. The lowest BCUT2D eigenvalue weighted by Crippen LogP contribution is -2.41. The van der Waals surface area contributed by atoms with Crippen molar-refractivity contribution in [2.45, 2.75) is 48.2 Å². The van der Waals surface area contributed by atoms with Crippen molar-refractivity contribution in [2.75, 3.05) is 6.54 Å². The average Bonchev–Trinajstić information content (AvgIpc) is 2.92. The molecule has 0 spiro atoms. The highest BCUT2D eigenvalue weighted by Crippen LogP contribution is 2.40. The molecule has 0 aliphatic carbocycles. The zero-order valence-corrected chi connectivity index (χ0v) is 24.0. The van der Waals surface area contributed by atoms with E-state index in [0.717, 1.165) is 30.2 Å². The number of rotatable bonds is 12. The molecule has 0 saturated heterocycles. The van der Waals surface area contributed by atoms with E-state index in [9.17, 15) is 35.1 Å². The lowest BCUT2D eigenvalue weighted by molar-refractivity contribution is -0.275. The van der Waals surface area contributed by atoms with Crippen molar-refractivity contribution in [3.8, 4) is 11.5 Å². The Bertz CT molecular complexity index is 1440. The number of ether oxygens (including phenoxy) is 2. The summed E-state index contributed by atoms with van der Waals surface area (Å²) < 4.78 is 114. The number of hydrogen-bond donors (Lipinski definition) is 1. The summed E-state index contributed by atoms with van der Waals surface area (Å²) in [6.45, 7) is 1.07. The van der Waals surface area contributed by atoms with E-state index in [4.69, 9.17) is 0 Å². The standard InChI is InChI=1S/C32H27F8NO2S/c1-29(33,34)44-28-15-13-23(14-16-28)20-41-21-30(19-22-7-3-2-4-8-22,24-9-5-11-26(17-24)42-31(35,36)37)25-10-6-12-27(18-25)43-32(38,39)40/h2-18,41H,19-21H2,1H3. The van der Waals surface area contributed by atoms with Crippen LogP contribution < -0.4 is 14.8 Å². The van der Waals surface area contributed by atoms with Crippen LogP contribution in [0.5, 0.6) is 11.5 Å². The third kappa shape index (κ3) is 9.88. The monoisotopic (exact) mass is 641 g/mol. The highest BCUT2D eigenvalue weighted by molar-refractivity contribution is 8.00. The lowest BCUT2D eigenvalue weighted by atomic mass is 9.70. The number of alkyl halides is 8. The molecule has 234 valence electrons. The maximum absolute atomic E-state index is 13.4. The van der Waals surface area contributed by atoms with Crippen molar-refractivity contribution in [3.05, 3.63) is 125 Å². The van der Waals surface area contributed by atoms with E-state index in [1.165, 1.54) is 24.3 Å². The summed E-state index contributed by atoms with van der Waals surface area (Å²) in [5.74, 6) is -0.980. The van der Waals surface area contributed by atoms with Gasteiger partial charge in [-0.05, 0) is 65.1 Å². The third-order valence-electron chi connectivity index (χ3n) is 6.57. The molecule has 3 nitrogen and oxygen atoms in total. The molecular formula is C32H27F8NO2S. The Morgan fingerprint density at radius 3 is 1.61 bits per heavy atom. The van der Waals surface area contributed by atoms with Gasteiger partial charge in [0.25, 0.3) is 5.25 Å². The van der Waals surface area contributed by atoms with Crippen LogP contribution in [0.15, 0.2) is 108 Å². The Hall–Kier alpha value is -3.77. The van der Waals surface area contributed by atoms with Crippen LogP contribution in [0.1, 0.15) is 29.2 Å². The lowest BCUT2D eigenvalue weighted by Gasteiger charge is -2.36. The fourth-order valence-electron chi connectivity index (χ4n) is 4.87. The van der Waals surface area contributed by atoms with E-state index in [0.29, 0.717) is 27.8 Å². The third-order valence-corrected chi connectivity index (χ3v) is 7.43. The van der Waals surface area contributed by atoms with E-state index < -0.39 is 34.9 Å². The van der Waals surface area contributed by atoms with Gasteiger partial charge in [0.15, 0.2) is 0 Å². The van der Waals surface area contributed by atoms with Crippen molar-refractivity contribution >= 4 is 11.8 Å². The maximum Gasteiger partial charge on any atom is 0.573 e. The molecule has 4 aromatic carbocycles. The summed E-state index contributed by atoms with van der Waals surface area (Å²) in [6.07, 6.45) is -9.76. The van der Waals surface area contributed by atoms with Crippen LogP contribution in [0.25, 0.3) is 0 Å². The summed E-state index contributed by atoms with van der Waals surface area (Å²) in [5, 5.41) is 0.329. The number of hydrogen-bond acceptors (Lipinski definition) is 4. The molecule has 0 heterocycles. The van der Waals surface area contributed by atoms with Gasteiger partial charge in [-0.1, -0.05) is 78.5 Å². The predicted molar refractivity (Wildman–Crippen MR) is 152 cm³/mol. The average molecular weight is 642 g/mol. The van der Waals surface area contributed by atoms with E-state index in [1.54, 1.807) is 66.7 Å². The van der Waals surface area contributed by atoms with Crippen molar-refractivity contribution in [3.63, 3.8) is 0 Å². The predicted octanol–water partition coefficient (Wildman–Crippen LogP) is 9.51. The molecule has 4 rings (SSSR count). The van der Waals surface area contributed by atoms with Crippen molar-refractivity contribution in [1.82, 2.24) is 5.32 Å². The topological polar surface area (TPSA) is 30.5 Å². The Morgan fingerprint density at radius 2 is 1.14 bits per heavy atom. The molecule has 0 aliphatic rings. The smallest absolute Gasteiger partial charge is 0.406 e. The van der Waals surface area contributed by atoms with Gasteiger partial charge in [-0.3, -0.25) is 0 Å². The van der Waals surface area contributed by atoms with Crippen LogP contribution in [0, 0.1) is 0 Å². The molecule has 0 unspecified atom stereocenters. The van der Waals surface area contributed by atoms with Gasteiger partial charge < -0.3 is 14.8 Å². The quantitative estimate of drug-likeness (QED) is 0.123. The summed E-state index contributed by atoms with van der Waals surface area (Å²) in [7, 11) is 0.